The predicted molar refractivity (Wildman–Crippen MR) is 55.5 cm³/mol. The molecule has 1 heterocycles. The van der Waals surface area contributed by atoms with Gasteiger partial charge in [0.05, 0.1) is 11.9 Å². The number of aromatic nitrogens is 2. The minimum Gasteiger partial charge on any atom is -0.326 e. The van der Waals surface area contributed by atoms with E-state index in [1.54, 1.807) is 30.6 Å². The fraction of sp³-hybridized carbons (Fsp3) is 0.100. The summed E-state index contributed by atoms with van der Waals surface area (Å²) in [6.07, 6.45) is 3.41. The number of nitrogens with one attached hydrogen (secondary N) is 1. The summed E-state index contributed by atoms with van der Waals surface area (Å²) in [6, 6.07) is 6.47. The Morgan fingerprint density at radius 2 is 2.33 bits per heavy atom. The van der Waals surface area contributed by atoms with Crippen molar-refractivity contribution < 1.29 is 4.39 Å². The number of anilines is 1. The van der Waals surface area contributed by atoms with Crippen molar-refractivity contribution in [2.45, 2.75) is 6.54 Å². The van der Waals surface area contributed by atoms with Gasteiger partial charge < -0.3 is 5.73 Å². The third-order valence-electron chi connectivity index (χ3n) is 2.01. The standard InChI is InChI=1S/C10H11FN4/c11-10-3-2-9(6-8(10)7-12)14-15-5-1-4-13-15/h1-6,14H,7,12H2. The van der Waals surface area contributed by atoms with Crippen LogP contribution in [0.25, 0.3) is 0 Å². The first-order chi connectivity index (χ1) is 7.29. The summed E-state index contributed by atoms with van der Waals surface area (Å²) < 4.78 is 13.1. The van der Waals surface area contributed by atoms with E-state index in [-0.39, 0.29) is 12.4 Å². The lowest BCUT2D eigenvalue weighted by Crippen LogP contribution is -2.10. The third kappa shape index (κ3) is 2.13. The number of rotatable bonds is 3. The van der Waals surface area contributed by atoms with Gasteiger partial charge in [0.2, 0.25) is 0 Å². The molecule has 0 saturated heterocycles. The highest BCUT2D eigenvalue weighted by Crippen LogP contribution is 2.14. The quantitative estimate of drug-likeness (QED) is 0.797. The van der Waals surface area contributed by atoms with Gasteiger partial charge in [0.1, 0.15) is 5.82 Å². The van der Waals surface area contributed by atoms with Crippen molar-refractivity contribution in [1.82, 2.24) is 9.89 Å². The van der Waals surface area contributed by atoms with Crippen LogP contribution in [0, 0.1) is 5.82 Å². The SMILES string of the molecule is NCc1cc(Nn2cccn2)ccc1F. The van der Waals surface area contributed by atoms with Crippen LogP contribution in [0.4, 0.5) is 10.1 Å². The summed E-state index contributed by atoms with van der Waals surface area (Å²) in [6.45, 7) is 0.181. The van der Waals surface area contributed by atoms with Crippen LogP contribution in [0.15, 0.2) is 36.7 Å². The molecule has 2 aromatic rings. The van der Waals surface area contributed by atoms with Crippen molar-refractivity contribution in [3.8, 4) is 0 Å². The van der Waals surface area contributed by atoms with E-state index in [4.69, 9.17) is 5.73 Å². The van der Waals surface area contributed by atoms with E-state index >= 15 is 0 Å². The molecule has 0 saturated carbocycles. The fourth-order valence-electron chi connectivity index (χ4n) is 1.27. The number of hydrogen-bond donors (Lipinski definition) is 2. The number of halogens is 1. The van der Waals surface area contributed by atoms with Gasteiger partial charge in [-0.1, -0.05) is 0 Å². The van der Waals surface area contributed by atoms with E-state index in [9.17, 15) is 4.39 Å². The average molecular weight is 206 g/mol. The first-order valence-corrected chi connectivity index (χ1v) is 4.55. The number of hydrogen-bond acceptors (Lipinski definition) is 3. The maximum absolute atomic E-state index is 13.1. The Labute approximate surface area is 86.5 Å². The van der Waals surface area contributed by atoms with Gasteiger partial charge in [-0.25, -0.2) is 4.39 Å². The number of nitrogens with two attached hydrogens (primary N) is 1. The maximum atomic E-state index is 13.1. The lowest BCUT2D eigenvalue weighted by molar-refractivity contribution is 0.610. The van der Waals surface area contributed by atoms with E-state index in [0.29, 0.717) is 5.56 Å². The molecule has 0 amide bonds. The van der Waals surface area contributed by atoms with Crippen LogP contribution in [-0.4, -0.2) is 9.89 Å². The van der Waals surface area contributed by atoms with Crippen LogP contribution in [-0.2, 0) is 6.54 Å². The van der Waals surface area contributed by atoms with Crippen molar-refractivity contribution >= 4 is 5.69 Å². The van der Waals surface area contributed by atoms with E-state index in [1.165, 1.54) is 10.9 Å². The molecule has 15 heavy (non-hydrogen) atoms. The highest BCUT2D eigenvalue weighted by atomic mass is 19.1. The summed E-state index contributed by atoms with van der Waals surface area (Å²) in [4.78, 5) is 1.54. The predicted octanol–water partition coefficient (Wildman–Crippen LogP) is 1.36. The Bertz CT molecular complexity index is 439. The Kier molecular flexibility index (Phi) is 2.64. The molecule has 0 aliphatic carbocycles. The van der Waals surface area contributed by atoms with Gasteiger partial charge in [-0.15, -0.1) is 0 Å². The molecule has 0 aliphatic rings. The molecule has 0 radical (unpaired) electrons. The van der Waals surface area contributed by atoms with E-state index in [0.717, 1.165) is 5.69 Å². The van der Waals surface area contributed by atoms with E-state index in [1.807, 2.05) is 0 Å². The second-order valence-corrected chi connectivity index (χ2v) is 3.07. The van der Waals surface area contributed by atoms with Gasteiger partial charge in [-0.3, -0.25) is 5.43 Å². The molecule has 4 nitrogen and oxygen atoms in total. The lowest BCUT2D eigenvalue weighted by atomic mass is 10.2. The minimum atomic E-state index is -0.288. The van der Waals surface area contributed by atoms with Crippen molar-refractivity contribution in [3.63, 3.8) is 0 Å². The summed E-state index contributed by atoms with van der Waals surface area (Å²) in [7, 11) is 0. The first-order valence-electron chi connectivity index (χ1n) is 4.55. The summed E-state index contributed by atoms with van der Waals surface area (Å²) in [5.41, 5.74) is 9.60. The molecule has 5 heteroatoms. The van der Waals surface area contributed by atoms with Crippen molar-refractivity contribution in [3.05, 3.63) is 48.0 Å². The van der Waals surface area contributed by atoms with Crippen molar-refractivity contribution in [2.24, 2.45) is 5.73 Å². The van der Waals surface area contributed by atoms with Gasteiger partial charge in [0, 0.05) is 18.3 Å². The van der Waals surface area contributed by atoms with Gasteiger partial charge >= 0.3 is 0 Å². The second-order valence-electron chi connectivity index (χ2n) is 3.07. The van der Waals surface area contributed by atoms with Crippen molar-refractivity contribution in [2.75, 3.05) is 5.43 Å². The molecule has 0 bridgehead atoms. The summed E-state index contributed by atoms with van der Waals surface area (Å²) >= 11 is 0. The zero-order valence-corrected chi connectivity index (χ0v) is 8.02. The molecule has 3 N–H and O–H groups in total. The zero-order valence-electron chi connectivity index (χ0n) is 8.02. The molecule has 0 atom stereocenters. The van der Waals surface area contributed by atoms with Crippen LogP contribution in [0.3, 0.4) is 0 Å². The normalized spacial score (nSPS) is 10.3. The number of benzene rings is 1. The van der Waals surface area contributed by atoms with Gasteiger partial charge in [-0.05, 0) is 24.3 Å². The zero-order chi connectivity index (χ0) is 10.7. The monoisotopic (exact) mass is 206 g/mol. The molecular formula is C10H11FN4. The lowest BCUT2D eigenvalue weighted by Gasteiger charge is -2.07. The largest absolute Gasteiger partial charge is 0.326 e. The summed E-state index contributed by atoms with van der Waals surface area (Å²) in [5, 5.41) is 3.97. The molecule has 0 fully saturated rings. The van der Waals surface area contributed by atoms with Crippen LogP contribution in [0.5, 0.6) is 0 Å². The smallest absolute Gasteiger partial charge is 0.127 e. The molecule has 0 spiro atoms. The topological polar surface area (TPSA) is 55.9 Å². The molecule has 0 unspecified atom stereocenters. The summed E-state index contributed by atoms with van der Waals surface area (Å²) in [5.74, 6) is -0.288. The fourth-order valence-corrected chi connectivity index (χ4v) is 1.27. The Morgan fingerprint density at radius 3 is 3.00 bits per heavy atom. The molecule has 2 rings (SSSR count). The second kappa shape index (κ2) is 4.10. The van der Waals surface area contributed by atoms with Crippen LogP contribution >= 0.6 is 0 Å². The minimum absolute atomic E-state index is 0.181. The van der Waals surface area contributed by atoms with Crippen LogP contribution < -0.4 is 11.2 Å². The Balaban J connectivity index is 2.22. The highest BCUT2D eigenvalue weighted by molar-refractivity contribution is 5.45. The third-order valence-corrected chi connectivity index (χ3v) is 2.01. The molecule has 78 valence electrons. The Morgan fingerprint density at radius 1 is 1.47 bits per heavy atom. The molecule has 1 aromatic carbocycles. The molecular weight excluding hydrogens is 195 g/mol. The first kappa shape index (κ1) is 9.67. The number of nitrogens with zero attached hydrogens (tertiary/aromatic N) is 2. The molecule has 0 aliphatic heterocycles. The maximum Gasteiger partial charge on any atom is 0.127 e. The molecule has 1 aromatic heterocycles. The van der Waals surface area contributed by atoms with Gasteiger partial charge in [-0.2, -0.15) is 9.89 Å². The average Bonchev–Trinajstić information content (AvgIpc) is 2.73. The van der Waals surface area contributed by atoms with E-state index in [2.05, 4.69) is 10.5 Å². The van der Waals surface area contributed by atoms with E-state index < -0.39 is 0 Å². The van der Waals surface area contributed by atoms with Crippen LogP contribution in [0.2, 0.25) is 0 Å². The highest BCUT2D eigenvalue weighted by Gasteiger charge is 2.01. The van der Waals surface area contributed by atoms with Crippen LogP contribution in [0.1, 0.15) is 5.56 Å². The van der Waals surface area contributed by atoms with Gasteiger partial charge in [0.25, 0.3) is 0 Å². The van der Waals surface area contributed by atoms with Crippen molar-refractivity contribution in [1.29, 1.82) is 0 Å². The Hall–Kier alpha value is -1.88. The van der Waals surface area contributed by atoms with Gasteiger partial charge in [0.15, 0.2) is 0 Å².